The highest BCUT2D eigenvalue weighted by atomic mass is 127. The molecule has 0 aliphatic carbocycles. The molecule has 0 radical (unpaired) electrons. The zero-order chi connectivity index (χ0) is 19.2. The molecule has 2 N–H and O–H groups in total. The first-order chi connectivity index (χ1) is 13.3. The number of guanidine groups is 1. The van der Waals surface area contributed by atoms with Gasteiger partial charge in [-0.05, 0) is 38.2 Å². The number of likely N-dealkylation sites (tertiary alicyclic amines) is 1. The van der Waals surface area contributed by atoms with Crippen molar-refractivity contribution in [3.8, 4) is 0 Å². The SMILES string of the molecule is CCCCNC(=NCCCOC1CCN(Cc2ccccc2)CC1)NCC.I. The molecule has 1 aliphatic heterocycles. The summed E-state index contributed by atoms with van der Waals surface area (Å²) < 4.78 is 6.09. The van der Waals surface area contributed by atoms with E-state index in [1.807, 2.05) is 0 Å². The second-order valence-electron chi connectivity index (χ2n) is 7.23. The summed E-state index contributed by atoms with van der Waals surface area (Å²) in [5.74, 6) is 0.931. The van der Waals surface area contributed by atoms with Crippen LogP contribution in [0.3, 0.4) is 0 Å². The lowest BCUT2D eigenvalue weighted by atomic mass is 10.1. The Morgan fingerprint density at radius 1 is 1.11 bits per heavy atom. The molecule has 28 heavy (non-hydrogen) atoms. The van der Waals surface area contributed by atoms with Crippen LogP contribution < -0.4 is 10.6 Å². The minimum atomic E-state index is 0. The van der Waals surface area contributed by atoms with E-state index < -0.39 is 0 Å². The summed E-state index contributed by atoms with van der Waals surface area (Å²) in [7, 11) is 0. The van der Waals surface area contributed by atoms with Gasteiger partial charge in [-0.1, -0.05) is 43.7 Å². The monoisotopic (exact) mass is 502 g/mol. The van der Waals surface area contributed by atoms with Crippen LogP contribution in [0.25, 0.3) is 0 Å². The lowest BCUT2D eigenvalue weighted by Gasteiger charge is -2.31. The van der Waals surface area contributed by atoms with E-state index in [0.29, 0.717) is 6.10 Å². The van der Waals surface area contributed by atoms with E-state index in [1.165, 1.54) is 18.4 Å². The highest BCUT2D eigenvalue weighted by Gasteiger charge is 2.19. The summed E-state index contributed by atoms with van der Waals surface area (Å²) in [5.41, 5.74) is 1.40. The van der Waals surface area contributed by atoms with Gasteiger partial charge in [0.25, 0.3) is 0 Å². The van der Waals surface area contributed by atoms with Crippen LogP contribution in [0, 0.1) is 0 Å². The molecule has 0 saturated carbocycles. The maximum Gasteiger partial charge on any atom is 0.191 e. The molecule has 0 amide bonds. The first-order valence-electron chi connectivity index (χ1n) is 10.7. The van der Waals surface area contributed by atoms with Crippen LogP contribution in [0.5, 0.6) is 0 Å². The van der Waals surface area contributed by atoms with Crippen molar-refractivity contribution in [3.63, 3.8) is 0 Å². The van der Waals surface area contributed by atoms with Crippen molar-refractivity contribution in [1.29, 1.82) is 0 Å². The van der Waals surface area contributed by atoms with Crippen molar-refractivity contribution in [2.75, 3.05) is 39.3 Å². The Morgan fingerprint density at radius 2 is 1.86 bits per heavy atom. The number of benzene rings is 1. The fourth-order valence-electron chi connectivity index (χ4n) is 3.31. The molecule has 1 aromatic rings. The number of ether oxygens (including phenoxy) is 1. The van der Waals surface area contributed by atoms with Gasteiger partial charge in [0.2, 0.25) is 0 Å². The second kappa shape index (κ2) is 16.0. The number of nitrogens with zero attached hydrogens (tertiary/aromatic N) is 2. The first-order valence-corrected chi connectivity index (χ1v) is 10.7. The average Bonchev–Trinajstić information content (AvgIpc) is 2.70. The van der Waals surface area contributed by atoms with E-state index in [0.717, 1.165) is 71.1 Å². The Bertz CT molecular complexity index is 519. The Kier molecular flexibility index (Phi) is 14.4. The zero-order valence-corrected chi connectivity index (χ0v) is 20.0. The Morgan fingerprint density at radius 3 is 2.54 bits per heavy atom. The molecular weight excluding hydrogens is 463 g/mol. The summed E-state index contributed by atoms with van der Waals surface area (Å²) >= 11 is 0. The molecular formula is C22H39IN4O. The molecule has 0 atom stereocenters. The smallest absolute Gasteiger partial charge is 0.191 e. The third-order valence-corrected chi connectivity index (χ3v) is 4.88. The van der Waals surface area contributed by atoms with Crippen molar-refractivity contribution < 1.29 is 4.74 Å². The van der Waals surface area contributed by atoms with Crippen molar-refractivity contribution >= 4 is 29.9 Å². The summed E-state index contributed by atoms with van der Waals surface area (Å²) in [4.78, 5) is 7.16. The Hall–Kier alpha value is -0.860. The van der Waals surface area contributed by atoms with E-state index >= 15 is 0 Å². The number of hydrogen-bond donors (Lipinski definition) is 2. The minimum absolute atomic E-state index is 0. The van der Waals surface area contributed by atoms with E-state index in [4.69, 9.17) is 4.74 Å². The highest BCUT2D eigenvalue weighted by Crippen LogP contribution is 2.16. The van der Waals surface area contributed by atoms with Crippen LogP contribution >= 0.6 is 24.0 Å². The molecule has 0 spiro atoms. The van der Waals surface area contributed by atoms with Crippen LogP contribution in [-0.2, 0) is 11.3 Å². The molecule has 1 aromatic carbocycles. The largest absolute Gasteiger partial charge is 0.378 e. The highest BCUT2D eigenvalue weighted by molar-refractivity contribution is 14.0. The van der Waals surface area contributed by atoms with Gasteiger partial charge in [-0.25, -0.2) is 0 Å². The average molecular weight is 502 g/mol. The zero-order valence-electron chi connectivity index (χ0n) is 17.7. The molecule has 6 heteroatoms. The topological polar surface area (TPSA) is 48.9 Å². The number of nitrogens with one attached hydrogen (secondary N) is 2. The summed E-state index contributed by atoms with van der Waals surface area (Å²) in [6.07, 6.45) is 6.04. The predicted octanol–water partition coefficient (Wildman–Crippen LogP) is 4.03. The van der Waals surface area contributed by atoms with E-state index in [2.05, 4.69) is 64.7 Å². The molecule has 2 rings (SSSR count). The third kappa shape index (κ3) is 10.6. The van der Waals surface area contributed by atoms with Gasteiger partial charge in [-0.15, -0.1) is 24.0 Å². The minimum Gasteiger partial charge on any atom is -0.378 e. The number of halogens is 1. The number of piperidine rings is 1. The standard InChI is InChI=1S/C22H38N4O.HI/c1-3-5-14-24-22(23-4-2)25-15-9-18-27-21-12-16-26(17-13-21)19-20-10-7-6-8-11-20;/h6-8,10-11,21H,3-5,9,12-19H2,1-2H3,(H2,23,24,25);1H. The first kappa shape index (κ1) is 25.2. The fourth-order valence-corrected chi connectivity index (χ4v) is 3.31. The quantitative estimate of drug-likeness (QED) is 0.208. The van der Waals surface area contributed by atoms with Crippen molar-refractivity contribution in [3.05, 3.63) is 35.9 Å². The van der Waals surface area contributed by atoms with Crippen LogP contribution in [0.15, 0.2) is 35.3 Å². The lowest BCUT2D eigenvalue weighted by molar-refractivity contribution is 0.00566. The van der Waals surface area contributed by atoms with E-state index in [9.17, 15) is 0 Å². The summed E-state index contributed by atoms with van der Waals surface area (Å²) in [5, 5.41) is 6.68. The Labute approximate surface area is 188 Å². The van der Waals surface area contributed by atoms with Gasteiger partial charge < -0.3 is 15.4 Å². The van der Waals surface area contributed by atoms with Crippen molar-refractivity contribution in [1.82, 2.24) is 15.5 Å². The third-order valence-electron chi connectivity index (χ3n) is 4.88. The fraction of sp³-hybridized carbons (Fsp3) is 0.682. The second-order valence-corrected chi connectivity index (χ2v) is 7.23. The Balaban J connectivity index is 0.00000392. The van der Waals surface area contributed by atoms with Gasteiger partial charge in [0.05, 0.1) is 6.10 Å². The number of hydrogen-bond acceptors (Lipinski definition) is 3. The van der Waals surface area contributed by atoms with Crippen molar-refractivity contribution in [2.24, 2.45) is 4.99 Å². The van der Waals surface area contributed by atoms with Gasteiger partial charge in [0, 0.05) is 45.9 Å². The number of rotatable bonds is 11. The van der Waals surface area contributed by atoms with Gasteiger partial charge >= 0.3 is 0 Å². The van der Waals surface area contributed by atoms with E-state index in [-0.39, 0.29) is 24.0 Å². The molecule has 1 aliphatic rings. The van der Waals surface area contributed by atoms with Crippen molar-refractivity contribution in [2.45, 2.75) is 58.6 Å². The molecule has 5 nitrogen and oxygen atoms in total. The van der Waals surface area contributed by atoms with Crippen LogP contribution in [0.2, 0.25) is 0 Å². The molecule has 1 heterocycles. The number of unbranched alkanes of at least 4 members (excludes halogenated alkanes) is 1. The van der Waals surface area contributed by atoms with Gasteiger partial charge in [-0.3, -0.25) is 9.89 Å². The predicted molar refractivity (Wildman–Crippen MR) is 130 cm³/mol. The van der Waals surface area contributed by atoms with Crippen LogP contribution in [0.1, 0.15) is 51.5 Å². The number of aliphatic imine (C=N–C) groups is 1. The molecule has 0 bridgehead atoms. The molecule has 160 valence electrons. The van der Waals surface area contributed by atoms with Crippen LogP contribution in [0.4, 0.5) is 0 Å². The van der Waals surface area contributed by atoms with E-state index in [1.54, 1.807) is 0 Å². The molecule has 1 fully saturated rings. The normalized spacial score (nSPS) is 15.9. The summed E-state index contributed by atoms with van der Waals surface area (Å²) in [6, 6.07) is 10.7. The maximum atomic E-state index is 6.09. The van der Waals surface area contributed by atoms with Gasteiger partial charge in [-0.2, -0.15) is 0 Å². The molecule has 0 aromatic heterocycles. The van der Waals surface area contributed by atoms with Crippen LogP contribution in [-0.4, -0.2) is 56.3 Å². The van der Waals surface area contributed by atoms with Gasteiger partial charge in [0.1, 0.15) is 0 Å². The summed E-state index contributed by atoms with van der Waals surface area (Å²) in [6.45, 7) is 11.1. The maximum absolute atomic E-state index is 6.09. The molecule has 0 unspecified atom stereocenters. The molecule has 1 saturated heterocycles. The van der Waals surface area contributed by atoms with Gasteiger partial charge in [0.15, 0.2) is 5.96 Å². The lowest BCUT2D eigenvalue weighted by Crippen LogP contribution is -2.38.